The quantitative estimate of drug-likeness (QED) is 0.620. The summed E-state index contributed by atoms with van der Waals surface area (Å²) in [6, 6.07) is 7.16. The molecule has 0 aliphatic carbocycles. The van der Waals surface area contributed by atoms with Gasteiger partial charge in [0.15, 0.2) is 0 Å². The van der Waals surface area contributed by atoms with E-state index in [0.717, 1.165) is 45.2 Å². The van der Waals surface area contributed by atoms with Gasteiger partial charge in [-0.2, -0.15) is 0 Å². The summed E-state index contributed by atoms with van der Waals surface area (Å²) < 4.78 is 26.5. The second-order valence-electron chi connectivity index (χ2n) is 6.73. The van der Waals surface area contributed by atoms with Crippen molar-refractivity contribution in [3.05, 3.63) is 29.8 Å². The summed E-state index contributed by atoms with van der Waals surface area (Å²) in [4.78, 5) is 16.6. The number of sulfonamides is 1. The summed E-state index contributed by atoms with van der Waals surface area (Å²) >= 11 is 0. The fraction of sp³-hybridized carbons (Fsp3) is 0.556. The van der Waals surface area contributed by atoms with Gasteiger partial charge in [0.05, 0.1) is 4.90 Å². The van der Waals surface area contributed by atoms with E-state index in [-0.39, 0.29) is 10.8 Å². The van der Waals surface area contributed by atoms with Gasteiger partial charge in [-0.3, -0.25) is 14.5 Å². The van der Waals surface area contributed by atoms with E-state index in [9.17, 15) is 13.2 Å². The van der Waals surface area contributed by atoms with Gasteiger partial charge in [-0.05, 0) is 50.9 Å². The minimum atomic E-state index is -3.47. The predicted molar refractivity (Wildman–Crippen MR) is 101 cm³/mol. The normalized spacial score (nSPS) is 20.5. The Morgan fingerprint density at radius 3 is 2.73 bits per heavy atom. The molecule has 26 heavy (non-hydrogen) atoms. The van der Waals surface area contributed by atoms with Crippen molar-refractivity contribution in [3.63, 3.8) is 0 Å². The monoisotopic (exact) mass is 378 g/mol. The Kier molecular flexibility index (Phi) is 6.26. The third kappa shape index (κ3) is 4.82. The maximum atomic E-state index is 12.0. The highest BCUT2D eigenvalue weighted by Gasteiger charge is 2.29. The van der Waals surface area contributed by atoms with Gasteiger partial charge in [0.25, 0.3) is 10.0 Å². The molecule has 3 N–H and O–H groups in total. The molecule has 1 fully saturated rings. The average molecular weight is 378 g/mol. The van der Waals surface area contributed by atoms with Crippen LogP contribution >= 0.6 is 0 Å². The standard InChI is InChI=1S/C18H26N4O3S/c23-17(21-14-9-12-19-13-10-14)8-2-1-5-11-20-18-15-6-3-4-7-16(15)26(24,25)22-18/h3-4,6-7,14,19H,1-2,5,8-13H2,(H,20,22)(H,21,23). The zero-order valence-corrected chi connectivity index (χ0v) is 15.6. The first-order valence-corrected chi connectivity index (χ1v) is 10.7. The third-order valence-electron chi connectivity index (χ3n) is 4.70. The van der Waals surface area contributed by atoms with E-state index in [4.69, 9.17) is 0 Å². The molecule has 0 unspecified atom stereocenters. The Hall–Kier alpha value is -1.93. The van der Waals surface area contributed by atoms with Crippen LogP contribution in [0, 0.1) is 0 Å². The number of hydrogen-bond donors (Lipinski definition) is 3. The molecule has 1 saturated heterocycles. The van der Waals surface area contributed by atoms with Gasteiger partial charge in [-0.25, -0.2) is 8.42 Å². The zero-order valence-electron chi connectivity index (χ0n) is 14.8. The second kappa shape index (κ2) is 8.64. The van der Waals surface area contributed by atoms with E-state index in [1.54, 1.807) is 24.3 Å². The van der Waals surface area contributed by atoms with Crippen LogP contribution in [-0.4, -0.2) is 45.8 Å². The van der Waals surface area contributed by atoms with Gasteiger partial charge in [0.1, 0.15) is 5.84 Å². The van der Waals surface area contributed by atoms with Crippen LogP contribution < -0.4 is 15.4 Å². The number of carbonyl (C=O) groups is 1. The van der Waals surface area contributed by atoms with Crippen molar-refractivity contribution >= 4 is 21.8 Å². The molecule has 2 aliphatic heterocycles. The van der Waals surface area contributed by atoms with Crippen LogP contribution in [0.3, 0.4) is 0 Å². The van der Waals surface area contributed by atoms with Crippen LogP contribution in [0.25, 0.3) is 0 Å². The Balaban J connectivity index is 1.37. The molecule has 7 nitrogen and oxygen atoms in total. The first kappa shape index (κ1) is 18.8. The van der Waals surface area contributed by atoms with Crippen molar-refractivity contribution in [2.75, 3.05) is 19.6 Å². The highest BCUT2D eigenvalue weighted by molar-refractivity contribution is 7.90. The van der Waals surface area contributed by atoms with Crippen molar-refractivity contribution in [3.8, 4) is 0 Å². The SMILES string of the molecule is O=C(CCCCCN=C1NS(=O)(=O)c2ccccc21)NC1CCNCC1. The average Bonchev–Trinajstić information content (AvgIpc) is 2.90. The third-order valence-corrected chi connectivity index (χ3v) is 6.10. The molecular formula is C18H26N4O3S. The number of nitrogens with zero attached hydrogens (tertiary/aromatic N) is 1. The van der Waals surface area contributed by atoms with Gasteiger partial charge in [-0.15, -0.1) is 0 Å². The number of unbranched alkanes of at least 4 members (excludes halogenated alkanes) is 2. The van der Waals surface area contributed by atoms with Crippen molar-refractivity contribution in [1.29, 1.82) is 0 Å². The minimum Gasteiger partial charge on any atom is -0.353 e. The molecule has 1 aromatic rings. The molecule has 142 valence electrons. The lowest BCUT2D eigenvalue weighted by atomic mass is 10.1. The van der Waals surface area contributed by atoms with Crippen LogP contribution in [0.2, 0.25) is 0 Å². The van der Waals surface area contributed by atoms with Crippen LogP contribution in [0.1, 0.15) is 44.1 Å². The van der Waals surface area contributed by atoms with Crippen LogP contribution in [0.4, 0.5) is 0 Å². The highest BCUT2D eigenvalue weighted by Crippen LogP contribution is 2.22. The molecule has 8 heteroatoms. The number of benzene rings is 1. The lowest BCUT2D eigenvalue weighted by Gasteiger charge is -2.23. The van der Waals surface area contributed by atoms with Gasteiger partial charge >= 0.3 is 0 Å². The first-order chi connectivity index (χ1) is 12.6. The second-order valence-corrected chi connectivity index (χ2v) is 8.39. The Morgan fingerprint density at radius 2 is 1.92 bits per heavy atom. The zero-order chi connectivity index (χ0) is 18.4. The summed E-state index contributed by atoms with van der Waals surface area (Å²) in [6.07, 6.45) is 5.08. The Labute approximate surface area is 154 Å². The molecule has 0 bridgehead atoms. The number of hydrogen-bond acceptors (Lipinski definition) is 5. The molecule has 3 rings (SSSR count). The van der Waals surface area contributed by atoms with Crippen molar-refractivity contribution in [2.45, 2.75) is 49.5 Å². The maximum absolute atomic E-state index is 12.0. The molecular weight excluding hydrogens is 352 g/mol. The fourth-order valence-corrected chi connectivity index (χ4v) is 4.53. The first-order valence-electron chi connectivity index (χ1n) is 9.23. The number of amidine groups is 1. The molecule has 0 saturated carbocycles. The number of nitrogens with one attached hydrogen (secondary N) is 3. The summed E-state index contributed by atoms with van der Waals surface area (Å²) in [6.45, 7) is 2.48. The molecule has 2 aliphatic rings. The van der Waals surface area contributed by atoms with Crippen LogP contribution in [0.5, 0.6) is 0 Å². The number of aliphatic imine (C=N–C) groups is 1. The van der Waals surface area contributed by atoms with E-state index < -0.39 is 10.0 Å². The van der Waals surface area contributed by atoms with Crippen molar-refractivity contribution in [1.82, 2.24) is 15.4 Å². The molecule has 0 atom stereocenters. The number of fused-ring (bicyclic) bond motifs is 1. The van der Waals surface area contributed by atoms with Gasteiger partial charge < -0.3 is 10.6 Å². The highest BCUT2D eigenvalue weighted by atomic mass is 32.2. The number of carbonyl (C=O) groups excluding carboxylic acids is 1. The Bertz CT molecular complexity index is 770. The maximum Gasteiger partial charge on any atom is 0.263 e. The van der Waals surface area contributed by atoms with Gasteiger partial charge in [-0.1, -0.05) is 18.6 Å². The molecule has 1 amide bonds. The molecule has 2 heterocycles. The summed E-state index contributed by atoms with van der Waals surface area (Å²) in [5.41, 5.74) is 0.633. The van der Waals surface area contributed by atoms with E-state index in [2.05, 4.69) is 20.3 Å². The molecule has 0 aromatic heterocycles. The number of amides is 1. The van der Waals surface area contributed by atoms with E-state index in [1.807, 2.05) is 0 Å². The lowest BCUT2D eigenvalue weighted by molar-refractivity contribution is -0.122. The van der Waals surface area contributed by atoms with Crippen molar-refractivity contribution in [2.24, 2.45) is 4.99 Å². The predicted octanol–water partition coefficient (Wildman–Crippen LogP) is 1.15. The Morgan fingerprint density at radius 1 is 1.15 bits per heavy atom. The summed E-state index contributed by atoms with van der Waals surface area (Å²) in [5, 5.41) is 6.37. The smallest absolute Gasteiger partial charge is 0.263 e. The largest absolute Gasteiger partial charge is 0.353 e. The summed E-state index contributed by atoms with van der Waals surface area (Å²) in [7, 11) is -3.47. The molecule has 0 radical (unpaired) electrons. The van der Waals surface area contributed by atoms with E-state index in [0.29, 0.717) is 30.4 Å². The van der Waals surface area contributed by atoms with Gasteiger partial charge in [0, 0.05) is 24.6 Å². The number of piperidine rings is 1. The lowest BCUT2D eigenvalue weighted by Crippen LogP contribution is -2.42. The number of rotatable bonds is 7. The topological polar surface area (TPSA) is 99.7 Å². The molecule has 1 aromatic carbocycles. The van der Waals surface area contributed by atoms with Crippen LogP contribution in [0.15, 0.2) is 34.2 Å². The molecule has 0 spiro atoms. The van der Waals surface area contributed by atoms with Crippen molar-refractivity contribution < 1.29 is 13.2 Å². The van der Waals surface area contributed by atoms with Gasteiger partial charge in [0.2, 0.25) is 5.91 Å². The van der Waals surface area contributed by atoms with E-state index >= 15 is 0 Å². The van der Waals surface area contributed by atoms with Crippen LogP contribution in [-0.2, 0) is 14.8 Å². The summed E-state index contributed by atoms with van der Waals surface area (Å²) in [5.74, 6) is 0.546. The minimum absolute atomic E-state index is 0.126. The fourth-order valence-electron chi connectivity index (χ4n) is 3.28. The van der Waals surface area contributed by atoms with E-state index in [1.165, 1.54) is 0 Å².